The van der Waals surface area contributed by atoms with Crippen LogP contribution in [-0.4, -0.2) is 86.2 Å². The molecule has 4 rings (SSSR count). The van der Waals surface area contributed by atoms with Gasteiger partial charge in [-0.2, -0.15) is 0 Å². The minimum Gasteiger partial charge on any atom is -0.493 e. The van der Waals surface area contributed by atoms with Crippen molar-refractivity contribution < 1.29 is 48.8 Å². The van der Waals surface area contributed by atoms with Crippen molar-refractivity contribution in [3.63, 3.8) is 0 Å². The number of aryl methyl sites for hydroxylation is 2. The summed E-state index contributed by atoms with van der Waals surface area (Å²) >= 11 is 0. The van der Waals surface area contributed by atoms with Gasteiger partial charge in [0.1, 0.15) is 24.4 Å². The Labute approximate surface area is 197 Å². The van der Waals surface area contributed by atoms with Crippen LogP contribution in [0.5, 0.6) is 28.7 Å². The summed E-state index contributed by atoms with van der Waals surface area (Å²) in [6.45, 7) is -0.548. The molecule has 1 saturated heterocycles. The van der Waals surface area contributed by atoms with E-state index in [2.05, 4.69) is 0 Å². The molecule has 0 amide bonds. The van der Waals surface area contributed by atoms with Gasteiger partial charge in [-0.1, -0.05) is 0 Å². The summed E-state index contributed by atoms with van der Waals surface area (Å²) in [6, 6.07) is 5.53. The van der Waals surface area contributed by atoms with Gasteiger partial charge >= 0.3 is 0 Å². The Bertz CT molecular complexity index is 1040. The van der Waals surface area contributed by atoms with Crippen molar-refractivity contribution in [3.05, 3.63) is 29.3 Å². The molecule has 5 unspecified atom stereocenters. The van der Waals surface area contributed by atoms with E-state index < -0.39 is 37.3 Å². The fourth-order valence-corrected chi connectivity index (χ4v) is 4.55. The van der Waals surface area contributed by atoms with E-state index in [-0.39, 0.29) is 5.75 Å². The number of benzene rings is 2. The fourth-order valence-electron chi connectivity index (χ4n) is 4.55. The molecular formula is C24H30O10. The monoisotopic (exact) mass is 478 g/mol. The lowest BCUT2D eigenvalue weighted by Crippen LogP contribution is -2.60. The minimum absolute atomic E-state index is 0.286. The number of ether oxygens (including phenoxy) is 6. The molecule has 0 radical (unpaired) electrons. The van der Waals surface area contributed by atoms with Crippen molar-refractivity contribution in [1.29, 1.82) is 0 Å². The second kappa shape index (κ2) is 9.85. The Hall–Kier alpha value is -2.76. The van der Waals surface area contributed by atoms with Gasteiger partial charge in [0.15, 0.2) is 23.0 Å². The van der Waals surface area contributed by atoms with E-state index in [4.69, 9.17) is 28.4 Å². The quantitative estimate of drug-likeness (QED) is 0.449. The molecule has 1 aliphatic heterocycles. The molecule has 1 heterocycles. The molecule has 0 saturated carbocycles. The van der Waals surface area contributed by atoms with Crippen LogP contribution in [0.15, 0.2) is 18.2 Å². The second-order valence-electron chi connectivity index (χ2n) is 8.15. The van der Waals surface area contributed by atoms with Crippen molar-refractivity contribution >= 4 is 0 Å². The number of methoxy groups -OCH3 is 4. The highest BCUT2D eigenvalue weighted by Gasteiger charge is 2.45. The molecule has 2 aliphatic rings. The van der Waals surface area contributed by atoms with Crippen LogP contribution >= 0.6 is 0 Å². The average Bonchev–Trinajstić information content (AvgIpc) is 2.86. The summed E-state index contributed by atoms with van der Waals surface area (Å²) in [5, 5.41) is 39.9. The van der Waals surface area contributed by atoms with Gasteiger partial charge in [0.2, 0.25) is 12.0 Å². The molecule has 5 atom stereocenters. The van der Waals surface area contributed by atoms with E-state index in [0.717, 1.165) is 22.3 Å². The zero-order chi connectivity index (χ0) is 24.6. The first-order valence-electron chi connectivity index (χ1n) is 10.9. The lowest BCUT2D eigenvalue weighted by atomic mass is 9.84. The fraction of sp³-hybridized carbons (Fsp3) is 0.500. The first-order valence-corrected chi connectivity index (χ1v) is 10.9. The first kappa shape index (κ1) is 24.4. The molecule has 1 fully saturated rings. The molecule has 186 valence electrons. The highest BCUT2D eigenvalue weighted by Crippen LogP contribution is 2.51. The van der Waals surface area contributed by atoms with Gasteiger partial charge in [0, 0.05) is 5.56 Å². The first-order chi connectivity index (χ1) is 16.4. The molecule has 34 heavy (non-hydrogen) atoms. The largest absolute Gasteiger partial charge is 0.493 e. The third-order valence-electron chi connectivity index (χ3n) is 6.33. The predicted molar refractivity (Wildman–Crippen MR) is 120 cm³/mol. The molecule has 0 bridgehead atoms. The molecule has 10 heteroatoms. The zero-order valence-electron chi connectivity index (χ0n) is 19.5. The Kier molecular flexibility index (Phi) is 7.06. The van der Waals surface area contributed by atoms with Gasteiger partial charge < -0.3 is 48.8 Å². The maximum Gasteiger partial charge on any atom is 0.229 e. The predicted octanol–water partition coefficient (Wildman–Crippen LogP) is 0.665. The molecule has 0 aromatic heterocycles. The third-order valence-corrected chi connectivity index (χ3v) is 6.33. The standard InChI is InChI=1S/C24H30O10/c1-29-14-9-13-11(5-6-12-8-16(30-2)22(31-3)23(32-4)18(12)13)7-15(14)33-24-21(28)20(27)19(26)17(10-25)34-24/h7-9,17,19-21,24-28H,5-6,10H2,1-4H3. The lowest BCUT2D eigenvalue weighted by Gasteiger charge is -2.39. The van der Waals surface area contributed by atoms with Crippen LogP contribution in [0, 0.1) is 0 Å². The van der Waals surface area contributed by atoms with Crippen molar-refractivity contribution in [3.8, 4) is 39.9 Å². The summed E-state index contributed by atoms with van der Waals surface area (Å²) < 4.78 is 33.7. The Morgan fingerprint density at radius 1 is 0.765 bits per heavy atom. The van der Waals surface area contributed by atoms with Crippen LogP contribution in [0.3, 0.4) is 0 Å². The van der Waals surface area contributed by atoms with Gasteiger partial charge in [0.05, 0.1) is 35.0 Å². The minimum atomic E-state index is -1.54. The molecule has 0 spiro atoms. The van der Waals surface area contributed by atoms with Gasteiger partial charge in [-0.15, -0.1) is 0 Å². The Morgan fingerprint density at radius 2 is 1.41 bits per heavy atom. The van der Waals surface area contributed by atoms with Crippen LogP contribution in [0.25, 0.3) is 11.1 Å². The van der Waals surface area contributed by atoms with Crippen LogP contribution in [0.1, 0.15) is 11.1 Å². The van der Waals surface area contributed by atoms with Crippen molar-refractivity contribution in [1.82, 2.24) is 0 Å². The molecule has 2 aromatic carbocycles. The Morgan fingerprint density at radius 3 is 2.03 bits per heavy atom. The number of fused-ring (bicyclic) bond motifs is 3. The number of aliphatic hydroxyl groups is 4. The summed E-state index contributed by atoms with van der Waals surface area (Å²) in [7, 11) is 6.18. The van der Waals surface area contributed by atoms with Crippen LogP contribution < -0.4 is 23.7 Å². The van der Waals surface area contributed by atoms with E-state index in [0.29, 0.717) is 35.8 Å². The van der Waals surface area contributed by atoms with E-state index in [1.54, 1.807) is 33.5 Å². The number of rotatable bonds is 7. The maximum atomic E-state index is 10.4. The highest BCUT2D eigenvalue weighted by molar-refractivity contribution is 5.84. The zero-order valence-corrected chi connectivity index (χ0v) is 19.5. The third kappa shape index (κ3) is 4.01. The van der Waals surface area contributed by atoms with E-state index in [1.807, 2.05) is 6.07 Å². The van der Waals surface area contributed by atoms with Crippen molar-refractivity contribution in [2.75, 3.05) is 35.0 Å². The Balaban J connectivity index is 1.76. The normalized spacial score (nSPS) is 25.7. The maximum absolute atomic E-state index is 10.4. The summed E-state index contributed by atoms with van der Waals surface area (Å²) in [5.41, 5.74) is 3.71. The van der Waals surface area contributed by atoms with E-state index in [1.165, 1.54) is 7.11 Å². The molecule has 1 aliphatic carbocycles. The molecule has 2 aromatic rings. The molecule has 4 N–H and O–H groups in total. The lowest BCUT2D eigenvalue weighted by molar-refractivity contribution is -0.277. The van der Waals surface area contributed by atoms with Gasteiger partial charge in [-0.05, 0) is 47.7 Å². The van der Waals surface area contributed by atoms with Crippen molar-refractivity contribution in [2.24, 2.45) is 0 Å². The van der Waals surface area contributed by atoms with Gasteiger partial charge in [-0.25, -0.2) is 0 Å². The van der Waals surface area contributed by atoms with Gasteiger partial charge in [-0.3, -0.25) is 0 Å². The van der Waals surface area contributed by atoms with E-state index in [9.17, 15) is 20.4 Å². The highest BCUT2D eigenvalue weighted by atomic mass is 16.7. The molecule has 10 nitrogen and oxygen atoms in total. The van der Waals surface area contributed by atoms with E-state index >= 15 is 0 Å². The summed E-state index contributed by atoms with van der Waals surface area (Å²) in [5.74, 6) is 2.25. The smallest absolute Gasteiger partial charge is 0.229 e. The van der Waals surface area contributed by atoms with Crippen LogP contribution in [0.2, 0.25) is 0 Å². The van der Waals surface area contributed by atoms with Crippen LogP contribution in [-0.2, 0) is 17.6 Å². The second-order valence-corrected chi connectivity index (χ2v) is 8.15. The number of hydrogen-bond donors (Lipinski definition) is 4. The average molecular weight is 478 g/mol. The molecular weight excluding hydrogens is 448 g/mol. The number of hydrogen-bond acceptors (Lipinski definition) is 10. The summed E-state index contributed by atoms with van der Waals surface area (Å²) in [6.07, 6.45) is -5.54. The van der Waals surface area contributed by atoms with Crippen LogP contribution in [0.4, 0.5) is 0 Å². The SMILES string of the molecule is COc1cc2c(cc1OC1OC(CO)C(O)C(O)C1O)CCc1cc(OC)c(OC)c(OC)c1-2. The van der Waals surface area contributed by atoms with Gasteiger partial charge in [0.25, 0.3) is 0 Å². The number of aliphatic hydroxyl groups excluding tert-OH is 4. The summed E-state index contributed by atoms with van der Waals surface area (Å²) in [4.78, 5) is 0. The topological polar surface area (TPSA) is 136 Å². The van der Waals surface area contributed by atoms with Crippen molar-refractivity contribution in [2.45, 2.75) is 43.5 Å².